The van der Waals surface area contributed by atoms with Crippen molar-refractivity contribution in [1.82, 2.24) is 9.78 Å². The summed E-state index contributed by atoms with van der Waals surface area (Å²) in [6.45, 7) is -0.518. The molecule has 0 aliphatic heterocycles. The predicted octanol–water partition coefficient (Wildman–Crippen LogP) is 4.34. The number of ether oxygens (including phenoxy) is 2. The number of aromatic nitrogens is 2. The second-order valence-corrected chi connectivity index (χ2v) is 6.60. The molecule has 1 aromatic carbocycles. The van der Waals surface area contributed by atoms with Gasteiger partial charge in [-0.3, -0.25) is 4.79 Å². The summed E-state index contributed by atoms with van der Waals surface area (Å²) < 4.78 is 50.7. The number of carbonyl (C=O) groups excluding carboxylic acids is 1. The quantitative estimate of drug-likeness (QED) is 0.697. The molecule has 1 aliphatic carbocycles. The molecule has 1 atom stereocenters. The maximum absolute atomic E-state index is 13.1. The van der Waals surface area contributed by atoms with Crippen LogP contribution < -0.4 is 14.8 Å². The zero-order chi connectivity index (χ0) is 21.0. The van der Waals surface area contributed by atoms with Gasteiger partial charge in [0.15, 0.2) is 12.3 Å². The van der Waals surface area contributed by atoms with Crippen LogP contribution in [0.25, 0.3) is 5.70 Å². The van der Waals surface area contributed by atoms with Crippen LogP contribution in [0.3, 0.4) is 0 Å². The van der Waals surface area contributed by atoms with Crippen molar-refractivity contribution in [2.45, 2.75) is 18.0 Å². The summed E-state index contributed by atoms with van der Waals surface area (Å²) in [6.07, 6.45) is 0.779. The minimum Gasteiger partial charge on any atom is -0.497 e. The largest absolute Gasteiger partial charge is 0.497 e. The van der Waals surface area contributed by atoms with Crippen molar-refractivity contribution in [1.29, 1.82) is 0 Å². The number of hydrogen-bond donors (Lipinski definition) is 1. The molecule has 6 nitrogen and oxygen atoms in total. The molecule has 0 saturated carbocycles. The molecule has 1 unspecified atom stereocenters. The van der Waals surface area contributed by atoms with E-state index in [-0.39, 0.29) is 5.88 Å². The molecule has 1 N–H and O–H groups in total. The lowest BCUT2D eigenvalue weighted by molar-refractivity contribution is -0.141. The average molecular weight is 428 g/mol. The number of alkyl halides is 4. The number of halogens is 4. The number of methoxy groups -OCH3 is 1. The number of rotatable bonds is 6. The van der Waals surface area contributed by atoms with Gasteiger partial charge >= 0.3 is 6.18 Å². The number of nitrogens with one attached hydrogen (secondary N) is 1. The Hall–Kier alpha value is -2.94. The average Bonchev–Trinajstić information content (AvgIpc) is 3.11. The van der Waals surface area contributed by atoms with Crippen LogP contribution in [0.2, 0.25) is 0 Å². The maximum Gasteiger partial charge on any atom is 0.435 e. The summed E-state index contributed by atoms with van der Waals surface area (Å²) in [7, 11) is 1.49. The van der Waals surface area contributed by atoms with Gasteiger partial charge in [-0.1, -0.05) is 18.2 Å². The normalized spacial score (nSPS) is 16.3. The van der Waals surface area contributed by atoms with Gasteiger partial charge in [-0.15, -0.1) is 11.6 Å². The van der Waals surface area contributed by atoms with Crippen molar-refractivity contribution in [3.8, 4) is 11.6 Å². The number of allylic oxidation sites excluding steroid dienone is 4. The lowest BCUT2D eigenvalue weighted by atomic mass is 10.1. The van der Waals surface area contributed by atoms with Gasteiger partial charge in [0.2, 0.25) is 5.88 Å². The number of nitrogens with zero attached hydrogens (tertiary/aromatic N) is 2. The van der Waals surface area contributed by atoms with E-state index in [0.29, 0.717) is 23.6 Å². The van der Waals surface area contributed by atoms with Gasteiger partial charge in [0.05, 0.1) is 18.2 Å². The van der Waals surface area contributed by atoms with Crippen LogP contribution in [0.4, 0.5) is 18.9 Å². The third kappa shape index (κ3) is 5.11. The Labute approximate surface area is 169 Å². The van der Waals surface area contributed by atoms with E-state index >= 15 is 0 Å². The number of carbonyl (C=O) groups is 1. The summed E-state index contributed by atoms with van der Waals surface area (Å²) >= 11 is 6.20. The maximum atomic E-state index is 13.1. The second-order valence-electron chi connectivity index (χ2n) is 6.07. The number of anilines is 1. The van der Waals surface area contributed by atoms with E-state index in [2.05, 4.69) is 10.4 Å². The van der Waals surface area contributed by atoms with Gasteiger partial charge in [-0.05, 0) is 24.6 Å². The van der Waals surface area contributed by atoms with Crippen molar-refractivity contribution in [3.63, 3.8) is 0 Å². The van der Waals surface area contributed by atoms with Crippen LogP contribution in [-0.4, -0.2) is 34.8 Å². The van der Waals surface area contributed by atoms with Crippen LogP contribution >= 0.6 is 11.6 Å². The first-order chi connectivity index (χ1) is 13.8. The summed E-state index contributed by atoms with van der Waals surface area (Å²) in [5.41, 5.74) is -0.351. The molecule has 29 heavy (non-hydrogen) atoms. The first-order valence-electron chi connectivity index (χ1n) is 8.53. The molecule has 1 aliphatic rings. The predicted molar refractivity (Wildman–Crippen MR) is 102 cm³/mol. The van der Waals surface area contributed by atoms with Crippen molar-refractivity contribution in [2.75, 3.05) is 19.0 Å². The second kappa shape index (κ2) is 8.60. The van der Waals surface area contributed by atoms with E-state index in [4.69, 9.17) is 21.1 Å². The first-order valence-corrected chi connectivity index (χ1v) is 8.96. The molecule has 0 bridgehead atoms. The Bertz CT molecular complexity index is 954. The molecule has 1 aromatic heterocycles. The van der Waals surface area contributed by atoms with Crippen LogP contribution in [0.1, 0.15) is 12.1 Å². The fourth-order valence-electron chi connectivity index (χ4n) is 2.62. The van der Waals surface area contributed by atoms with Gasteiger partial charge in [-0.25, -0.2) is 4.68 Å². The van der Waals surface area contributed by atoms with Crippen LogP contribution in [0.15, 0.2) is 48.6 Å². The van der Waals surface area contributed by atoms with Crippen molar-refractivity contribution >= 4 is 28.9 Å². The highest BCUT2D eigenvalue weighted by Crippen LogP contribution is 2.34. The third-order valence-electron chi connectivity index (χ3n) is 3.98. The van der Waals surface area contributed by atoms with Gasteiger partial charge < -0.3 is 14.8 Å². The highest BCUT2D eigenvalue weighted by molar-refractivity contribution is 6.25. The first kappa shape index (κ1) is 20.8. The van der Waals surface area contributed by atoms with E-state index in [1.807, 2.05) is 0 Å². The molecule has 0 radical (unpaired) electrons. The van der Waals surface area contributed by atoms with Gasteiger partial charge in [0.25, 0.3) is 5.91 Å². The monoisotopic (exact) mass is 427 g/mol. The smallest absolute Gasteiger partial charge is 0.435 e. The Balaban J connectivity index is 1.77. The molecule has 1 heterocycles. The zero-order valence-corrected chi connectivity index (χ0v) is 16.0. The summed E-state index contributed by atoms with van der Waals surface area (Å²) in [4.78, 5) is 12.2. The van der Waals surface area contributed by atoms with Crippen LogP contribution in [0, 0.1) is 0 Å². The molecular formula is C19H17ClF3N3O3. The minimum atomic E-state index is -4.67. The highest BCUT2D eigenvalue weighted by Gasteiger charge is 2.36. The fraction of sp³-hybridized carbons (Fsp3) is 0.263. The van der Waals surface area contributed by atoms with Crippen molar-refractivity contribution in [2.24, 2.45) is 0 Å². The Morgan fingerprint density at radius 1 is 1.38 bits per heavy atom. The third-order valence-corrected chi connectivity index (χ3v) is 4.39. The topological polar surface area (TPSA) is 65.4 Å². The molecule has 3 rings (SSSR count). The van der Waals surface area contributed by atoms with Crippen LogP contribution in [0.5, 0.6) is 11.6 Å². The van der Waals surface area contributed by atoms with E-state index in [1.54, 1.807) is 42.5 Å². The van der Waals surface area contributed by atoms with E-state index in [0.717, 1.165) is 10.7 Å². The van der Waals surface area contributed by atoms with Crippen LogP contribution in [-0.2, 0) is 11.0 Å². The SMILES string of the molecule is COc1cccc(NC(=O)COc2cc(C(F)(F)F)nn2C2=CC=CCC2Cl)c1. The Morgan fingerprint density at radius 2 is 2.17 bits per heavy atom. The van der Waals surface area contributed by atoms with E-state index in [9.17, 15) is 18.0 Å². The lowest BCUT2D eigenvalue weighted by Crippen LogP contribution is -2.22. The summed E-state index contributed by atoms with van der Waals surface area (Å²) in [6, 6.07) is 7.37. The van der Waals surface area contributed by atoms with Crippen molar-refractivity contribution in [3.05, 3.63) is 54.3 Å². The number of hydrogen-bond acceptors (Lipinski definition) is 4. The Morgan fingerprint density at radius 3 is 2.86 bits per heavy atom. The van der Waals surface area contributed by atoms with Gasteiger partial charge in [0.1, 0.15) is 5.75 Å². The number of benzene rings is 1. The number of amides is 1. The Kier molecular flexibility index (Phi) is 6.17. The fourth-order valence-corrected chi connectivity index (χ4v) is 2.89. The molecule has 1 amide bonds. The van der Waals surface area contributed by atoms with E-state index < -0.39 is 29.8 Å². The van der Waals surface area contributed by atoms with Gasteiger partial charge in [0, 0.05) is 17.8 Å². The lowest BCUT2D eigenvalue weighted by Gasteiger charge is -2.17. The molecular weight excluding hydrogens is 411 g/mol. The molecule has 0 fully saturated rings. The van der Waals surface area contributed by atoms with Crippen molar-refractivity contribution < 1.29 is 27.4 Å². The zero-order valence-electron chi connectivity index (χ0n) is 15.2. The standard InChI is InChI=1S/C19H17ClF3N3O3/c1-28-13-6-4-5-12(9-13)24-17(27)11-29-18-10-16(19(21,22)23)25-26(18)15-8-3-2-7-14(15)20/h2-6,8-10,14H,7,11H2,1H3,(H,24,27). The molecule has 154 valence electrons. The molecule has 0 saturated heterocycles. The van der Waals surface area contributed by atoms with E-state index in [1.165, 1.54) is 7.11 Å². The van der Waals surface area contributed by atoms with Gasteiger partial charge in [-0.2, -0.15) is 18.3 Å². The molecule has 2 aromatic rings. The summed E-state index contributed by atoms with van der Waals surface area (Å²) in [5, 5.41) is 5.58. The molecule has 10 heteroatoms. The molecule has 0 spiro atoms. The highest BCUT2D eigenvalue weighted by atomic mass is 35.5. The minimum absolute atomic E-state index is 0.231. The summed E-state index contributed by atoms with van der Waals surface area (Å²) in [5.74, 6) is -0.244.